The van der Waals surface area contributed by atoms with E-state index >= 15 is 0 Å². The summed E-state index contributed by atoms with van der Waals surface area (Å²) in [6.45, 7) is 0. The molecule has 0 bridgehead atoms. The Morgan fingerprint density at radius 3 is 2.53 bits per heavy atom. The second-order valence-corrected chi connectivity index (χ2v) is 2.72. The van der Waals surface area contributed by atoms with E-state index in [1.165, 1.54) is 0 Å². The molecule has 0 aromatic heterocycles. The molecule has 1 aromatic carbocycles. The molecule has 1 aromatic rings. The third-order valence-electron chi connectivity index (χ3n) is 1.82. The Bertz CT molecular complexity index is 392. The third-order valence-corrected chi connectivity index (χ3v) is 1.82. The van der Waals surface area contributed by atoms with Gasteiger partial charge in [0.05, 0.1) is 12.7 Å². The van der Waals surface area contributed by atoms with Crippen LogP contribution in [0.1, 0.15) is 11.7 Å². The van der Waals surface area contributed by atoms with Gasteiger partial charge in [0.1, 0.15) is 5.82 Å². The highest BCUT2D eigenvalue weighted by Gasteiger charge is 2.26. The van der Waals surface area contributed by atoms with Gasteiger partial charge >= 0.3 is 5.97 Å². The van der Waals surface area contributed by atoms with Crippen molar-refractivity contribution in [2.75, 3.05) is 7.11 Å². The summed E-state index contributed by atoms with van der Waals surface area (Å²) in [6, 6.07) is 1.83. The Morgan fingerprint density at radius 1 is 1.47 bits per heavy atom. The van der Waals surface area contributed by atoms with Crippen LogP contribution >= 0.6 is 0 Å². The van der Waals surface area contributed by atoms with Crippen LogP contribution in [0.2, 0.25) is 0 Å². The van der Waals surface area contributed by atoms with Gasteiger partial charge in [0.25, 0.3) is 0 Å². The van der Waals surface area contributed by atoms with Gasteiger partial charge < -0.3 is 14.9 Å². The van der Waals surface area contributed by atoms with Gasteiger partial charge in [0.15, 0.2) is 17.7 Å². The van der Waals surface area contributed by atoms with Crippen molar-refractivity contribution in [2.24, 2.45) is 0 Å². The van der Waals surface area contributed by atoms with Gasteiger partial charge in [0.2, 0.25) is 0 Å². The molecule has 0 spiro atoms. The zero-order valence-electron chi connectivity index (χ0n) is 7.70. The minimum atomic E-state index is -2.25. The monoisotopic (exact) mass is 218 g/mol. The largest absolute Gasteiger partial charge is 0.494 e. The van der Waals surface area contributed by atoms with Crippen molar-refractivity contribution in [3.63, 3.8) is 0 Å². The smallest absolute Gasteiger partial charge is 0.337 e. The Morgan fingerprint density at radius 2 is 2.07 bits per heavy atom. The van der Waals surface area contributed by atoms with E-state index < -0.39 is 29.3 Å². The summed E-state index contributed by atoms with van der Waals surface area (Å²) >= 11 is 0. The number of hydrogen-bond acceptors (Lipinski definition) is 3. The van der Waals surface area contributed by atoms with Crippen LogP contribution in [0.4, 0.5) is 8.78 Å². The highest BCUT2D eigenvalue weighted by Crippen LogP contribution is 2.27. The van der Waals surface area contributed by atoms with Crippen molar-refractivity contribution in [3.8, 4) is 5.75 Å². The molecule has 0 saturated heterocycles. The quantitative estimate of drug-likeness (QED) is 0.796. The number of benzene rings is 1. The summed E-state index contributed by atoms with van der Waals surface area (Å²) in [5.74, 6) is -4.41. The number of hydrogen-bond donors (Lipinski definition) is 2. The van der Waals surface area contributed by atoms with E-state index in [2.05, 4.69) is 4.74 Å². The standard InChI is InChI=1S/C9H8F2O4/c1-15-5-3-2-4(10)6(7(5)11)8(12)9(13)14/h2-3,8,12H,1H3,(H,13,14). The van der Waals surface area contributed by atoms with Gasteiger partial charge in [-0.1, -0.05) is 0 Å². The summed E-state index contributed by atoms with van der Waals surface area (Å²) in [6.07, 6.45) is -2.25. The van der Waals surface area contributed by atoms with Crippen molar-refractivity contribution in [1.29, 1.82) is 0 Å². The fourth-order valence-electron chi connectivity index (χ4n) is 1.08. The molecule has 0 heterocycles. The van der Waals surface area contributed by atoms with Gasteiger partial charge in [-0.05, 0) is 12.1 Å². The van der Waals surface area contributed by atoms with Crippen LogP contribution in [-0.4, -0.2) is 23.3 Å². The topological polar surface area (TPSA) is 66.8 Å². The van der Waals surface area contributed by atoms with Gasteiger partial charge in [-0.15, -0.1) is 0 Å². The number of methoxy groups -OCH3 is 1. The molecular formula is C9H8F2O4. The van der Waals surface area contributed by atoms with E-state index in [1.807, 2.05) is 0 Å². The van der Waals surface area contributed by atoms with E-state index in [9.17, 15) is 13.6 Å². The Hall–Kier alpha value is -1.69. The lowest BCUT2D eigenvalue weighted by atomic mass is 10.1. The molecule has 1 rings (SSSR count). The summed E-state index contributed by atoms with van der Waals surface area (Å²) in [5, 5.41) is 17.5. The molecule has 1 atom stereocenters. The summed E-state index contributed by atoms with van der Waals surface area (Å²) < 4.78 is 30.9. The molecule has 0 radical (unpaired) electrons. The molecule has 0 aliphatic carbocycles. The van der Waals surface area contributed by atoms with Crippen LogP contribution in [0.25, 0.3) is 0 Å². The summed E-state index contributed by atoms with van der Waals surface area (Å²) in [5.41, 5.74) is -0.929. The van der Waals surface area contributed by atoms with Gasteiger partial charge in [-0.2, -0.15) is 0 Å². The highest BCUT2D eigenvalue weighted by molar-refractivity contribution is 5.74. The molecule has 2 N–H and O–H groups in total. The number of ether oxygens (including phenoxy) is 1. The van der Waals surface area contributed by atoms with Crippen LogP contribution in [0.3, 0.4) is 0 Å². The van der Waals surface area contributed by atoms with Crippen LogP contribution < -0.4 is 4.74 Å². The Balaban J connectivity index is 3.32. The molecule has 0 aliphatic heterocycles. The van der Waals surface area contributed by atoms with E-state index in [1.54, 1.807) is 0 Å². The van der Waals surface area contributed by atoms with Crippen LogP contribution in [-0.2, 0) is 4.79 Å². The molecule has 15 heavy (non-hydrogen) atoms. The first kappa shape index (κ1) is 11.4. The van der Waals surface area contributed by atoms with Crippen LogP contribution in [0.5, 0.6) is 5.75 Å². The lowest BCUT2D eigenvalue weighted by molar-refractivity contribution is -0.147. The SMILES string of the molecule is COc1ccc(F)c(C(O)C(=O)O)c1F. The predicted octanol–water partition coefficient (Wildman–Crippen LogP) is 1.09. The number of aliphatic hydroxyl groups excluding tert-OH is 1. The van der Waals surface area contributed by atoms with E-state index in [0.29, 0.717) is 0 Å². The Kier molecular flexibility index (Phi) is 3.21. The second-order valence-electron chi connectivity index (χ2n) is 2.72. The molecule has 6 heteroatoms. The maximum atomic E-state index is 13.4. The van der Waals surface area contributed by atoms with Crippen LogP contribution in [0.15, 0.2) is 12.1 Å². The van der Waals surface area contributed by atoms with Crippen molar-refractivity contribution in [3.05, 3.63) is 29.3 Å². The zero-order valence-corrected chi connectivity index (χ0v) is 7.70. The average Bonchev–Trinajstić information content (AvgIpc) is 2.17. The molecule has 82 valence electrons. The highest BCUT2D eigenvalue weighted by atomic mass is 19.1. The van der Waals surface area contributed by atoms with Crippen molar-refractivity contribution in [1.82, 2.24) is 0 Å². The minimum Gasteiger partial charge on any atom is -0.494 e. The average molecular weight is 218 g/mol. The maximum Gasteiger partial charge on any atom is 0.337 e. The molecule has 4 nitrogen and oxygen atoms in total. The molecule has 0 amide bonds. The molecule has 0 aliphatic rings. The fraction of sp³-hybridized carbons (Fsp3) is 0.222. The zero-order chi connectivity index (χ0) is 11.6. The summed E-state index contributed by atoms with van der Waals surface area (Å²) in [4.78, 5) is 10.4. The number of aliphatic carboxylic acids is 1. The number of carboxylic acids is 1. The van der Waals surface area contributed by atoms with Gasteiger partial charge in [-0.25, -0.2) is 13.6 Å². The number of rotatable bonds is 3. The normalized spacial score (nSPS) is 12.3. The van der Waals surface area contributed by atoms with Crippen molar-refractivity contribution >= 4 is 5.97 Å². The lowest BCUT2D eigenvalue weighted by Gasteiger charge is -2.10. The first-order chi connectivity index (χ1) is 6.99. The molecule has 0 saturated carbocycles. The Labute approximate surface area is 83.7 Å². The van der Waals surface area contributed by atoms with Crippen molar-refractivity contribution < 1.29 is 28.5 Å². The van der Waals surface area contributed by atoms with E-state index in [0.717, 1.165) is 19.2 Å². The third kappa shape index (κ3) is 2.04. The molecule has 1 unspecified atom stereocenters. The molecular weight excluding hydrogens is 210 g/mol. The van der Waals surface area contributed by atoms with Gasteiger partial charge in [-0.3, -0.25) is 0 Å². The maximum absolute atomic E-state index is 13.4. The lowest BCUT2D eigenvalue weighted by Crippen LogP contribution is -2.14. The predicted molar refractivity (Wildman–Crippen MR) is 45.5 cm³/mol. The summed E-state index contributed by atoms with van der Waals surface area (Å²) in [7, 11) is 1.15. The first-order valence-electron chi connectivity index (χ1n) is 3.91. The van der Waals surface area contributed by atoms with E-state index in [-0.39, 0.29) is 5.75 Å². The van der Waals surface area contributed by atoms with Crippen LogP contribution in [0, 0.1) is 11.6 Å². The first-order valence-corrected chi connectivity index (χ1v) is 3.91. The molecule has 0 fully saturated rings. The van der Waals surface area contributed by atoms with Gasteiger partial charge in [0, 0.05) is 0 Å². The minimum absolute atomic E-state index is 0.327. The number of aliphatic hydroxyl groups is 1. The van der Waals surface area contributed by atoms with Crippen molar-refractivity contribution in [2.45, 2.75) is 6.10 Å². The fourth-order valence-corrected chi connectivity index (χ4v) is 1.08. The second kappa shape index (κ2) is 4.22. The number of carboxylic acid groups (broad SMARTS) is 1. The van der Waals surface area contributed by atoms with E-state index in [4.69, 9.17) is 10.2 Å². The number of halogens is 2. The number of carbonyl (C=O) groups is 1.